The lowest BCUT2D eigenvalue weighted by atomic mass is 10.2. The lowest BCUT2D eigenvalue weighted by Gasteiger charge is -2.10. The van der Waals surface area contributed by atoms with Crippen LogP contribution < -0.4 is 31.9 Å². The SMILES string of the molecule is C1CCNCCNCCNCCCCCNCCNCCNCC1. The van der Waals surface area contributed by atoms with E-state index in [1.54, 1.807) is 0 Å². The van der Waals surface area contributed by atoms with Crippen molar-refractivity contribution in [2.45, 2.75) is 38.5 Å². The third kappa shape index (κ3) is 16.6. The minimum absolute atomic E-state index is 1.07. The summed E-state index contributed by atoms with van der Waals surface area (Å²) < 4.78 is 0. The average molecular weight is 343 g/mol. The predicted molar refractivity (Wildman–Crippen MR) is 105 cm³/mol. The zero-order chi connectivity index (χ0) is 17.0. The molecule has 0 saturated carbocycles. The lowest BCUT2D eigenvalue weighted by molar-refractivity contribution is 0.527. The highest BCUT2D eigenvalue weighted by atomic mass is 15.0. The fourth-order valence-corrected chi connectivity index (χ4v) is 2.81. The van der Waals surface area contributed by atoms with Gasteiger partial charge in [0.25, 0.3) is 0 Å². The Kier molecular flexibility index (Phi) is 17.3. The van der Waals surface area contributed by atoms with Crippen LogP contribution in [0.25, 0.3) is 0 Å². The van der Waals surface area contributed by atoms with E-state index in [4.69, 9.17) is 0 Å². The van der Waals surface area contributed by atoms with E-state index in [-0.39, 0.29) is 0 Å². The Hall–Kier alpha value is -0.240. The largest absolute Gasteiger partial charge is 0.315 e. The third-order valence-electron chi connectivity index (χ3n) is 4.33. The topological polar surface area (TPSA) is 72.2 Å². The molecule has 144 valence electrons. The van der Waals surface area contributed by atoms with Gasteiger partial charge < -0.3 is 31.9 Å². The first-order valence-electron chi connectivity index (χ1n) is 10.2. The van der Waals surface area contributed by atoms with Gasteiger partial charge in [-0.05, 0) is 51.9 Å². The van der Waals surface area contributed by atoms with Gasteiger partial charge in [0.15, 0.2) is 0 Å². The minimum atomic E-state index is 1.07. The summed E-state index contributed by atoms with van der Waals surface area (Å²) in [7, 11) is 0. The molecular weight excluding hydrogens is 300 g/mol. The Morgan fingerprint density at radius 2 is 0.417 bits per heavy atom. The first kappa shape index (κ1) is 21.8. The summed E-state index contributed by atoms with van der Waals surface area (Å²) >= 11 is 0. The van der Waals surface area contributed by atoms with E-state index in [2.05, 4.69) is 31.9 Å². The van der Waals surface area contributed by atoms with Gasteiger partial charge in [0.1, 0.15) is 0 Å². The van der Waals surface area contributed by atoms with Gasteiger partial charge in [-0.15, -0.1) is 0 Å². The number of hydrogen-bond donors (Lipinski definition) is 6. The molecule has 6 N–H and O–H groups in total. The van der Waals surface area contributed by atoms with E-state index in [1.807, 2.05) is 0 Å². The van der Waals surface area contributed by atoms with Crippen molar-refractivity contribution in [1.29, 1.82) is 0 Å². The molecular formula is C18H42N6. The fraction of sp³-hybridized carbons (Fsp3) is 1.00. The van der Waals surface area contributed by atoms with Crippen LogP contribution in [-0.4, -0.2) is 78.5 Å². The molecule has 0 atom stereocenters. The predicted octanol–water partition coefficient (Wildman–Crippen LogP) is -0.122. The van der Waals surface area contributed by atoms with Gasteiger partial charge in [-0.1, -0.05) is 12.8 Å². The molecule has 1 fully saturated rings. The van der Waals surface area contributed by atoms with Crippen molar-refractivity contribution in [3.63, 3.8) is 0 Å². The van der Waals surface area contributed by atoms with E-state index >= 15 is 0 Å². The van der Waals surface area contributed by atoms with Crippen molar-refractivity contribution in [3.8, 4) is 0 Å². The molecule has 0 radical (unpaired) electrons. The maximum atomic E-state index is 3.52. The van der Waals surface area contributed by atoms with Crippen molar-refractivity contribution in [2.75, 3.05) is 78.5 Å². The monoisotopic (exact) mass is 342 g/mol. The summed E-state index contributed by atoms with van der Waals surface area (Å²) in [6.07, 6.45) is 7.77. The normalized spacial score (nSPS) is 24.0. The zero-order valence-corrected chi connectivity index (χ0v) is 15.7. The smallest absolute Gasteiger partial charge is 0.00772 e. The van der Waals surface area contributed by atoms with Gasteiger partial charge in [-0.25, -0.2) is 0 Å². The molecule has 1 saturated heterocycles. The van der Waals surface area contributed by atoms with Crippen molar-refractivity contribution in [2.24, 2.45) is 0 Å². The highest BCUT2D eigenvalue weighted by Crippen LogP contribution is 1.92. The second-order valence-electron chi connectivity index (χ2n) is 6.62. The van der Waals surface area contributed by atoms with Crippen LogP contribution in [0.5, 0.6) is 0 Å². The molecule has 0 bridgehead atoms. The Morgan fingerprint density at radius 3 is 0.667 bits per heavy atom. The van der Waals surface area contributed by atoms with Gasteiger partial charge in [0, 0.05) is 52.4 Å². The zero-order valence-electron chi connectivity index (χ0n) is 15.7. The van der Waals surface area contributed by atoms with Crippen LogP contribution >= 0.6 is 0 Å². The molecule has 0 aromatic rings. The molecule has 0 aromatic carbocycles. The van der Waals surface area contributed by atoms with E-state index in [0.717, 1.165) is 78.5 Å². The Labute approximate surface area is 149 Å². The van der Waals surface area contributed by atoms with E-state index < -0.39 is 0 Å². The van der Waals surface area contributed by atoms with Crippen LogP contribution in [0.1, 0.15) is 38.5 Å². The summed E-state index contributed by atoms with van der Waals surface area (Å²) in [5.41, 5.74) is 0. The molecule has 24 heavy (non-hydrogen) atoms. The molecule has 1 aliphatic heterocycles. The van der Waals surface area contributed by atoms with Gasteiger partial charge in [-0.3, -0.25) is 0 Å². The Bertz CT molecular complexity index is 130. The van der Waals surface area contributed by atoms with Crippen molar-refractivity contribution in [3.05, 3.63) is 0 Å². The quantitative estimate of drug-likeness (QED) is 0.369. The molecule has 6 nitrogen and oxygen atoms in total. The van der Waals surface area contributed by atoms with Crippen LogP contribution in [0.3, 0.4) is 0 Å². The number of rotatable bonds is 0. The molecule has 1 aliphatic rings. The van der Waals surface area contributed by atoms with Crippen molar-refractivity contribution in [1.82, 2.24) is 31.9 Å². The summed E-state index contributed by atoms with van der Waals surface area (Å²) in [4.78, 5) is 0. The standard InChI is InChI=1S/C18H42N6/c1-3-7-19-11-15-23-17-13-21-9-5-2-6-10-22-14-18-24-16-12-20-8-4-1/h19-24H,1-18H2. The maximum absolute atomic E-state index is 3.52. The fourth-order valence-electron chi connectivity index (χ4n) is 2.81. The van der Waals surface area contributed by atoms with Gasteiger partial charge in [0.05, 0.1) is 0 Å². The minimum Gasteiger partial charge on any atom is -0.315 e. The van der Waals surface area contributed by atoms with E-state index in [9.17, 15) is 0 Å². The van der Waals surface area contributed by atoms with Crippen molar-refractivity contribution < 1.29 is 0 Å². The van der Waals surface area contributed by atoms with Crippen LogP contribution in [0, 0.1) is 0 Å². The average Bonchev–Trinajstić information content (AvgIpc) is 2.59. The van der Waals surface area contributed by atoms with Gasteiger partial charge in [-0.2, -0.15) is 0 Å². The van der Waals surface area contributed by atoms with E-state index in [0.29, 0.717) is 0 Å². The van der Waals surface area contributed by atoms with Crippen LogP contribution in [0.2, 0.25) is 0 Å². The number of nitrogens with one attached hydrogen (secondary N) is 6. The second kappa shape index (κ2) is 19.1. The molecule has 1 heterocycles. The lowest BCUT2D eigenvalue weighted by Crippen LogP contribution is -2.34. The first-order chi connectivity index (χ1) is 12.0. The summed E-state index contributed by atoms with van der Waals surface area (Å²) in [5.74, 6) is 0. The summed E-state index contributed by atoms with van der Waals surface area (Å²) in [6, 6.07) is 0. The molecule has 6 heteroatoms. The molecule has 0 unspecified atom stereocenters. The second-order valence-corrected chi connectivity index (χ2v) is 6.62. The highest BCUT2D eigenvalue weighted by molar-refractivity contribution is 4.58. The van der Waals surface area contributed by atoms with Gasteiger partial charge in [0.2, 0.25) is 0 Å². The third-order valence-corrected chi connectivity index (χ3v) is 4.33. The van der Waals surface area contributed by atoms with Gasteiger partial charge >= 0.3 is 0 Å². The van der Waals surface area contributed by atoms with Crippen LogP contribution in [0.4, 0.5) is 0 Å². The number of hydrogen-bond acceptors (Lipinski definition) is 6. The molecule has 0 amide bonds. The van der Waals surface area contributed by atoms with Crippen LogP contribution in [-0.2, 0) is 0 Å². The Balaban J connectivity index is 2.00. The molecule has 1 rings (SSSR count). The Morgan fingerprint density at radius 1 is 0.208 bits per heavy atom. The maximum Gasteiger partial charge on any atom is 0.00772 e. The molecule has 0 aromatic heterocycles. The highest BCUT2D eigenvalue weighted by Gasteiger charge is 1.94. The molecule has 0 aliphatic carbocycles. The van der Waals surface area contributed by atoms with Crippen molar-refractivity contribution >= 4 is 0 Å². The first-order valence-corrected chi connectivity index (χ1v) is 10.2. The van der Waals surface area contributed by atoms with E-state index in [1.165, 1.54) is 38.5 Å². The van der Waals surface area contributed by atoms with Crippen LogP contribution in [0.15, 0.2) is 0 Å². The summed E-state index contributed by atoms with van der Waals surface area (Å²) in [5, 5.41) is 21.0. The molecule has 0 spiro atoms. The summed E-state index contributed by atoms with van der Waals surface area (Å²) in [6.45, 7) is 13.2.